The summed E-state index contributed by atoms with van der Waals surface area (Å²) < 4.78 is 5.21. The Bertz CT molecular complexity index is 545. The van der Waals surface area contributed by atoms with Crippen LogP contribution in [0.5, 0.6) is 0 Å². The Labute approximate surface area is 136 Å². The second kappa shape index (κ2) is 7.92. The monoisotopic (exact) mass is 320 g/mol. The quantitative estimate of drug-likeness (QED) is 0.880. The molecule has 1 fully saturated rings. The van der Waals surface area contributed by atoms with Crippen LogP contribution in [-0.4, -0.2) is 62.1 Å². The van der Waals surface area contributed by atoms with Gasteiger partial charge in [-0.3, -0.25) is 9.59 Å². The smallest absolute Gasteiger partial charge is 0.252 e. The molecule has 0 aromatic carbocycles. The third-order valence-corrected chi connectivity index (χ3v) is 3.84. The van der Waals surface area contributed by atoms with Gasteiger partial charge in [0, 0.05) is 27.7 Å². The van der Waals surface area contributed by atoms with Gasteiger partial charge in [-0.2, -0.15) is 0 Å². The topological polar surface area (TPSA) is 74.8 Å². The highest BCUT2D eigenvalue weighted by Crippen LogP contribution is 2.15. The Morgan fingerprint density at radius 1 is 1.43 bits per heavy atom. The molecule has 2 amide bonds. The molecule has 1 aliphatic rings. The molecule has 1 aromatic rings. The maximum Gasteiger partial charge on any atom is 0.252 e. The number of methoxy groups -OCH3 is 1. The molecular weight excluding hydrogens is 296 g/mol. The van der Waals surface area contributed by atoms with E-state index < -0.39 is 6.10 Å². The van der Waals surface area contributed by atoms with E-state index in [2.05, 4.69) is 10.3 Å². The van der Waals surface area contributed by atoms with Crippen molar-refractivity contribution in [2.24, 2.45) is 0 Å². The predicted molar refractivity (Wildman–Crippen MR) is 88.4 cm³/mol. The maximum atomic E-state index is 12.3. The summed E-state index contributed by atoms with van der Waals surface area (Å²) in [6, 6.07) is 3.62. The molecule has 0 spiro atoms. The van der Waals surface area contributed by atoms with Gasteiger partial charge in [0.05, 0.1) is 18.4 Å². The van der Waals surface area contributed by atoms with Gasteiger partial charge < -0.3 is 19.9 Å². The summed E-state index contributed by atoms with van der Waals surface area (Å²) in [5, 5.41) is 2.77. The van der Waals surface area contributed by atoms with Gasteiger partial charge in [-0.15, -0.1) is 0 Å². The number of nitrogens with zero attached hydrogens (tertiary/aromatic N) is 3. The lowest BCUT2D eigenvalue weighted by Gasteiger charge is -2.23. The van der Waals surface area contributed by atoms with Gasteiger partial charge in [-0.05, 0) is 31.4 Å². The maximum absolute atomic E-state index is 12.3. The molecule has 7 heteroatoms. The zero-order chi connectivity index (χ0) is 16.8. The normalized spacial score (nSPS) is 18.5. The second-order valence-corrected chi connectivity index (χ2v) is 5.83. The van der Waals surface area contributed by atoms with Crippen LogP contribution in [0.2, 0.25) is 0 Å². The zero-order valence-corrected chi connectivity index (χ0v) is 13.9. The van der Waals surface area contributed by atoms with E-state index in [9.17, 15) is 9.59 Å². The van der Waals surface area contributed by atoms with Crippen molar-refractivity contribution in [3.8, 4) is 0 Å². The molecule has 1 aliphatic heterocycles. The number of rotatable bonds is 5. The molecule has 1 unspecified atom stereocenters. The summed E-state index contributed by atoms with van der Waals surface area (Å²) in [7, 11) is 5.33. The number of carbonyl (C=O) groups excluding carboxylic acids is 2. The fraction of sp³-hybridized carbons (Fsp3) is 0.562. The number of hydrogen-bond acceptors (Lipinski definition) is 5. The van der Waals surface area contributed by atoms with Crippen LogP contribution in [0, 0.1) is 0 Å². The average Bonchev–Trinajstić information content (AvgIpc) is 2.70. The summed E-state index contributed by atoms with van der Waals surface area (Å²) in [5.41, 5.74) is 0.617. The van der Waals surface area contributed by atoms with Crippen LogP contribution in [0.3, 0.4) is 0 Å². The van der Waals surface area contributed by atoms with Gasteiger partial charge in [-0.1, -0.05) is 0 Å². The van der Waals surface area contributed by atoms with Crippen LogP contribution in [0.1, 0.15) is 19.3 Å². The van der Waals surface area contributed by atoms with Crippen LogP contribution >= 0.6 is 0 Å². The van der Waals surface area contributed by atoms with E-state index >= 15 is 0 Å². The van der Waals surface area contributed by atoms with E-state index in [1.165, 1.54) is 7.11 Å². The van der Waals surface area contributed by atoms with Crippen LogP contribution in [-0.2, 0) is 14.3 Å². The van der Waals surface area contributed by atoms with Crippen molar-refractivity contribution in [1.82, 2.24) is 9.88 Å². The van der Waals surface area contributed by atoms with E-state index in [0.29, 0.717) is 18.7 Å². The first-order valence-corrected chi connectivity index (χ1v) is 7.76. The molecular formula is C16H24N4O3. The predicted octanol–water partition coefficient (Wildman–Crippen LogP) is 1.11. The Morgan fingerprint density at radius 2 is 2.22 bits per heavy atom. The number of carbonyl (C=O) groups is 2. The third-order valence-electron chi connectivity index (χ3n) is 3.84. The zero-order valence-electron chi connectivity index (χ0n) is 13.9. The number of aromatic nitrogens is 1. The number of hydrogen-bond donors (Lipinski definition) is 1. The number of ether oxygens (including phenoxy) is 1. The lowest BCUT2D eigenvalue weighted by atomic mass is 10.2. The van der Waals surface area contributed by atoms with Crippen molar-refractivity contribution in [3.63, 3.8) is 0 Å². The first-order chi connectivity index (χ1) is 11.0. The molecule has 1 N–H and O–H groups in total. The van der Waals surface area contributed by atoms with Gasteiger partial charge in [0.25, 0.3) is 5.91 Å². The molecule has 0 saturated carbocycles. The van der Waals surface area contributed by atoms with E-state index in [1.54, 1.807) is 17.2 Å². The van der Waals surface area contributed by atoms with Crippen molar-refractivity contribution >= 4 is 23.3 Å². The van der Waals surface area contributed by atoms with E-state index in [0.717, 1.165) is 18.7 Å². The van der Waals surface area contributed by atoms with Gasteiger partial charge in [0.15, 0.2) is 0 Å². The molecule has 126 valence electrons. The van der Waals surface area contributed by atoms with Crippen LogP contribution in [0.15, 0.2) is 18.3 Å². The van der Waals surface area contributed by atoms with Gasteiger partial charge in [-0.25, -0.2) is 4.98 Å². The summed E-state index contributed by atoms with van der Waals surface area (Å²) >= 11 is 0. The average molecular weight is 320 g/mol. The lowest BCUT2D eigenvalue weighted by molar-refractivity contribution is -0.143. The number of nitrogens with one attached hydrogen (secondary N) is 1. The van der Waals surface area contributed by atoms with Crippen LogP contribution < -0.4 is 10.2 Å². The summed E-state index contributed by atoms with van der Waals surface area (Å²) in [5.74, 6) is 0.476. The fourth-order valence-electron chi connectivity index (χ4n) is 2.54. The highest BCUT2D eigenvalue weighted by molar-refractivity contribution is 5.95. The Hall–Kier alpha value is -2.15. The summed E-state index contributed by atoms with van der Waals surface area (Å²) in [6.45, 7) is 0.623. The summed E-state index contributed by atoms with van der Waals surface area (Å²) in [4.78, 5) is 32.1. The number of likely N-dealkylation sites (tertiary alicyclic amines) is 1. The number of pyridine rings is 1. The lowest BCUT2D eigenvalue weighted by Crippen LogP contribution is -2.43. The Morgan fingerprint density at radius 3 is 2.83 bits per heavy atom. The molecule has 2 heterocycles. The van der Waals surface area contributed by atoms with Crippen LogP contribution in [0.4, 0.5) is 11.5 Å². The second-order valence-electron chi connectivity index (χ2n) is 5.83. The molecule has 1 saturated heterocycles. The number of amides is 2. The van der Waals surface area contributed by atoms with Crippen molar-refractivity contribution in [1.29, 1.82) is 0 Å². The largest absolute Gasteiger partial charge is 0.372 e. The molecule has 2 rings (SSSR count). The molecule has 0 aliphatic carbocycles. The molecule has 0 radical (unpaired) electrons. The van der Waals surface area contributed by atoms with E-state index in [4.69, 9.17) is 4.74 Å². The van der Waals surface area contributed by atoms with Gasteiger partial charge >= 0.3 is 0 Å². The van der Waals surface area contributed by atoms with Crippen LogP contribution in [0.25, 0.3) is 0 Å². The highest BCUT2D eigenvalue weighted by atomic mass is 16.5. The number of anilines is 2. The Kier molecular flexibility index (Phi) is 5.92. The highest BCUT2D eigenvalue weighted by Gasteiger charge is 2.27. The third kappa shape index (κ3) is 4.66. The van der Waals surface area contributed by atoms with Gasteiger partial charge in [0.1, 0.15) is 11.9 Å². The van der Waals surface area contributed by atoms with Crippen molar-refractivity contribution in [2.75, 3.05) is 44.5 Å². The Balaban J connectivity index is 1.94. The standard InChI is InChI=1S/C16H24N4O3/c1-19(2)14-8-7-12(10-17-14)18-15(21)11-20-9-5-4-6-13(23-3)16(20)22/h7-8,10,13H,4-6,9,11H2,1-3H3,(H,18,21). The van der Waals surface area contributed by atoms with Crippen molar-refractivity contribution in [2.45, 2.75) is 25.4 Å². The minimum atomic E-state index is -0.439. The molecule has 1 aromatic heterocycles. The SMILES string of the molecule is COC1CCCCN(CC(=O)Nc2ccc(N(C)C)nc2)C1=O. The van der Waals surface area contributed by atoms with Crippen molar-refractivity contribution < 1.29 is 14.3 Å². The van der Waals surface area contributed by atoms with E-state index in [1.807, 2.05) is 25.1 Å². The minimum Gasteiger partial charge on any atom is -0.372 e. The van der Waals surface area contributed by atoms with Crippen molar-refractivity contribution in [3.05, 3.63) is 18.3 Å². The molecule has 0 bridgehead atoms. The first kappa shape index (κ1) is 17.2. The molecule has 1 atom stereocenters. The first-order valence-electron chi connectivity index (χ1n) is 7.76. The van der Waals surface area contributed by atoms with Gasteiger partial charge in [0.2, 0.25) is 5.91 Å². The minimum absolute atomic E-state index is 0.0358. The summed E-state index contributed by atoms with van der Waals surface area (Å²) in [6.07, 6.45) is 3.70. The fourth-order valence-corrected chi connectivity index (χ4v) is 2.54. The van der Waals surface area contributed by atoms with E-state index in [-0.39, 0.29) is 18.4 Å². The molecule has 7 nitrogen and oxygen atoms in total. The molecule has 23 heavy (non-hydrogen) atoms.